The van der Waals surface area contributed by atoms with Gasteiger partial charge in [-0.3, -0.25) is 9.59 Å². The van der Waals surface area contributed by atoms with Gasteiger partial charge in [0.05, 0.1) is 6.42 Å². The van der Waals surface area contributed by atoms with E-state index < -0.39 is 18.1 Å². The monoisotopic (exact) mass is 424 g/mol. The van der Waals surface area contributed by atoms with Crippen molar-refractivity contribution in [1.82, 2.24) is 10.2 Å². The molecule has 0 fully saturated rings. The summed E-state index contributed by atoms with van der Waals surface area (Å²) in [6, 6.07) is 15.1. The fourth-order valence-electron chi connectivity index (χ4n) is 3.97. The number of carboxylic acids is 1. The van der Waals surface area contributed by atoms with Gasteiger partial charge < -0.3 is 20.1 Å². The number of alkyl carbamates (subject to hydrolysis) is 1. The number of ether oxygens (including phenoxy) is 1. The van der Waals surface area contributed by atoms with Crippen LogP contribution >= 0.6 is 0 Å². The fraction of sp³-hybridized carbons (Fsp3) is 0.375. The Morgan fingerprint density at radius 1 is 1.00 bits per heavy atom. The highest BCUT2D eigenvalue weighted by atomic mass is 16.5. The van der Waals surface area contributed by atoms with E-state index in [1.165, 1.54) is 4.90 Å². The second-order valence-corrected chi connectivity index (χ2v) is 7.96. The number of hydrogen-bond donors (Lipinski definition) is 2. The number of amides is 2. The number of rotatable bonds is 8. The predicted molar refractivity (Wildman–Crippen MR) is 117 cm³/mol. The van der Waals surface area contributed by atoms with Gasteiger partial charge in [0.1, 0.15) is 12.6 Å². The van der Waals surface area contributed by atoms with Crippen LogP contribution in [0.5, 0.6) is 0 Å². The molecule has 164 valence electrons. The van der Waals surface area contributed by atoms with Gasteiger partial charge in [0.2, 0.25) is 5.91 Å². The third kappa shape index (κ3) is 5.05. The second kappa shape index (κ2) is 9.64. The molecule has 0 radical (unpaired) electrons. The summed E-state index contributed by atoms with van der Waals surface area (Å²) in [6.07, 6.45) is -0.827. The number of nitrogens with one attached hydrogen (secondary N) is 1. The Bertz CT molecular complexity index is 926. The van der Waals surface area contributed by atoms with Crippen LogP contribution in [-0.4, -0.2) is 53.2 Å². The van der Waals surface area contributed by atoms with Crippen LogP contribution in [0.3, 0.4) is 0 Å². The van der Waals surface area contributed by atoms with Gasteiger partial charge in [-0.05, 0) is 43.0 Å². The lowest BCUT2D eigenvalue weighted by atomic mass is 9.98. The van der Waals surface area contributed by atoms with Crippen molar-refractivity contribution in [3.8, 4) is 11.1 Å². The molecule has 7 heteroatoms. The largest absolute Gasteiger partial charge is 0.481 e. The second-order valence-electron chi connectivity index (χ2n) is 7.96. The van der Waals surface area contributed by atoms with Gasteiger partial charge in [0.25, 0.3) is 0 Å². The molecule has 2 aromatic carbocycles. The summed E-state index contributed by atoms with van der Waals surface area (Å²) >= 11 is 0. The Hall–Kier alpha value is -3.35. The summed E-state index contributed by atoms with van der Waals surface area (Å²) in [7, 11) is 0. The van der Waals surface area contributed by atoms with Crippen molar-refractivity contribution in [2.24, 2.45) is 0 Å². The number of aliphatic carboxylic acids is 1. The van der Waals surface area contributed by atoms with Gasteiger partial charge in [0.15, 0.2) is 0 Å². The van der Waals surface area contributed by atoms with E-state index in [0.717, 1.165) is 22.3 Å². The topological polar surface area (TPSA) is 95.9 Å². The maximum atomic E-state index is 12.7. The van der Waals surface area contributed by atoms with Crippen molar-refractivity contribution in [1.29, 1.82) is 0 Å². The number of fused-ring (bicyclic) bond motifs is 3. The molecule has 2 amide bonds. The zero-order chi connectivity index (χ0) is 22.5. The van der Waals surface area contributed by atoms with Crippen LogP contribution in [0.25, 0.3) is 11.1 Å². The molecule has 1 aliphatic carbocycles. The summed E-state index contributed by atoms with van der Waals surface area (Å²) in [5.41, 5.74) is 4.50. The Morgan fingerprint density at radius 3 is 2.06 bits per heavy atom. The molecule has 1 unspecified atom stereocenters. The smallest absolute Gasteiger partial charge is 0.407 e. The molecular weight excluding hydrogens is 396 g/mol. The zero-order valence-electron chi connectivity index (χ0n) is 18.0. The van der Waals surface area contributed by atoms with Gasteiger partial charge in [-0.1, -0.05) is 48.5 Å². The van der Waals surface area contributed by atoms with Crippen molar-refractivity contribution in [3.63, 3.8) is 0 Å². The summed E-state index contributed by atoms with van der Waals surface area (Å²) in [5, 5.41) is 11.5. The van der Waals surface area contributed by atoms with E-state index in [-0.39, 0.29) is 37.4 Å². The van der Waals surface area contributed by atoms with Crippen molar-refractivity contribution >= 4 is 18.0 Å². The highest BCUT2D eigenvalue weighted by molar-refractivity contribution is 5.86. The van der Waals surface area contributed by atoms with Crippen LogP contribution in [0.2, 0.25) is 0 Å². The molecule has 7 nitrogen and oxygen atoms in total. The fourth-order valence-corrected chi connectivity index (χ4v) is 3.97. The van der Waals surface area contributed by atoms with Crippen molar-refractivity contribution in [2.75, 3.05) is 13.2 Å². The maximum absolute atomic E-state index is 12.7. The van der Waals surface area contributed by atoms with Crippen molar-refractivity contribution < 1.29 is 24.2 Å². The molecule has 2 aromatic rings. The molecule has 0 aromatic heterocycles. The standard InChI is InChI=1S/C24H28N2O5/c1-15(2)26(13-12-22(27)28)23(29)16(3)25-24(30)31-14-21-19-10-6-4-8-17(19)18-9-5-7-11-20(18)21/h4-11,15-16,21H,12-14H2,1-3H3,(H,25,30)(H,27,28). The molecule has 2 N–H and O–H groups in total. The number of hydrogen-bond acceptors (Lipinski definition) is 4. The molecule has 0 heterocycles. The van der Waals surface area contributed by atoms with Gasteiger partial charge in [-0.25, -0.2) is 4.79 Å². The van der Waals surface area contributed by atoms with Crippen LogP contribution in [0.1, 0.15) is 44.2 Å². The van der Waals surface area contributed by atoms with Crippen molar-refractivity contribution in [3.05, 3.63) is 59.7 Å². The van der Waals surface area contributed by atoms with Crippen molar-refractivity contribution in [2.45, 2.75) is 45.2 Å². The Balaban J connectivity index is 1.61. The molecule has 31 heavy (non-hydrogen) atoms. The maximum Gasteiger partial charge on any atom is 0.407 e. The quantitative estimate of drug-likeness (QED) is 0.675. The first kappa shape index (κ1) is 22.3. The molecule has 0 bridgehead atoms. The van der Waals surface area contributed by atoms with Crippen LogP contribution in [0.4, 0.5) is 4.79 Å². The van der Waals surface area contributed by atoms with E-state index in [2.05, 4.69) is 17.4 Å². The summed E-state index contributed by atoms with van der Waals surface area (Å²) < 4.78 is 5.48. The summed E-state index contributed by atoms with van der Waals surface area (Å²) in [4.78, 5) is 37.4. The number of carbonyl (C=O) groups is 3. The van der Waals surface area contributed by atoms with E-state index in [0.29, 0.717) is 0 Å². The third-order valence-electron chi connectivity index (χ3n) is 5.52. The van der Waals surface area contributed by atoms with E-state index in [1.807, 2.05) is 36.4 Å². The van der Waals surface area contributed by atoms with E-state index >= 15 is 0 Å². The molecular formula is C24H28N2O5. The lowest BCUT2D eigenvalue weighted by molar-refractivity contribution is -0.139. The average Bonchev–Trinajstić information content (AvgIpc) is 3.05. The van der Waals surface area contributed by atoms with Crippen LogP contribution < -0.4 is 5.32 Å². The van der Waals surface area contributed by atoms with Gasteiger partial charge >= 0.3 is 12.1 Å². The third-order valence-corrected chi connectivity index (χ3v) is 5.52. The lowest BCUT2D eigenvalue weighted by Crippen LogP contribution is -2.50. The highest BCUT2D eigenvalue weighted by Gasteiger charge is 2.30. The van der Waals surface area contributed by atoms with Crippen LogP contribution in [0.15, 0.2) is 48.5 Å². The van der Waals surface area contributed by atoms with Crippen LogP contribution in [-0.2, 0) is 14.3 Å². The average molecular weight is 424 g/mol. The first-order valence-electron chi connectivity index (χ1n) is 10.4. The minimum absolute atomic E-state index is 0.0631. The van der Waals surface area contributed by atoms with E-state index in [1.54, 1.807) is 20.8 Å². The molecule has 0 saturated carbocycles. The normalized spacial score (nSPS) is 13.3. The van der Waals surface area contributed by atoms with E-state index in [4.69, 9.17) is 9.84 Å². The lowest BCUT2D eigenvalue weighted by Gasteiger charge is -2.29. The van der Waals surface area contributed by atoms with Crippen LogP contribution in [0, 0.1) is 0 Å². The molecule has 0 saturated heterocycles. The summed E-state index contributed by atoms with van der Waals surface area (Å²) in [5.74, 6) is -1.38. The number of benzene rings is 2. The predicted octanol–water partition coefficient (Wildman–Crippen LogP) is 3.63. The molecule has 0 aliphatic heterocycles. The molecule has 1 atom stereocenters. The first-order valence-corrected chi connectivity index (χ1v) is 10.4. The number of carbonyl (C=O) groups excluding carboxylic acids is 2. The molecule has 3 rings (SSSR count). The van der Waals surface area contributed by atoms with Gasteiger partial charge in [-0.15, -0.1) is 0 Å². The minimum Gasteiger partial charge on any atom is -0.481 e. The molecule has 1 aliphatic rings. The van der Waals surface area contributed by atoms with Gasteiger partial charge in [0, 0.05) is 18.5 Å². The Labute approximate surface area is 182 Å². The number of nitrogens with zero attached hydrogens (tertiary/aromatic N) is 1. The zero-order valence-corrected chi connectivity index (χ0v) is 18.0. The highest BCUT2D eigenvalue weighted by Crippen LogP contribution is 2.44. The summed E-state index contributed by atoms with van der Waals surface area (Å²) in [6.45, 7) is 5.43. The minimum atomic E-state index is -0.976. The Morgan fingerprint density at radius 2 is 1.55 bits per heavy atom. The molecule has 0 spiro atoms. The first-order chi connectivity index (χ1) is 14.8. The Kier molecular flexibility index (Phi) is 6.95. The van der Waals surface area contributed by atoms with Gasteiger partial charge in [-0.2, -0.15) is 0 Å². The SMILES string of the molecule is CC(NC(=O)OCC1c2ccccc2-c2ccccc21)C(=O)N(CCC(=O)O)C(C)C. The van der Waals surface area contributed by atoms with E-state index in [9.17, 15) is 14.4 Å². The number of carboxylic acid groups (broad SMARTS) is 1.